The Bertz CT molecular complexity index is 1050. The maximum atomic E-state index is 12.8. The molecule has 0 radical (unpaired) electrons. The fourth-order valence-corrected chi connectivity index (χ4v) is 4.03. The summed E-state index contributed by atoms with van der Waals surface area (Å²) < 4.78 is 5.90. The number of rotatable bonds is 4. The first-order valence-corrected chi connectivity index (χ1v) is 10.1. The van der Waals surface area contributed by atoms with Gasteiger partial charge in [-0.1, -0.05) is 18.2 Å². The van der Waals surface area contributed by atoms with E-state index in [1.165, 1.54) is 11.3 Å². The summed E-state index contributed by atoms with van der Waals surface area (Å²) in [7, 11) is 0. The van der Waals surface area contributed by atoms with Crippen molar-refractivity contribution in [2.75, 3.05) is 19.7 Å². The monoisotopic (exact) mass is 408 g/mol. The Kier molecular flexibility index (Phi) is 5.37. The number of ether oxygens (including phenoxy) is 1. The molecule has 7 nitrogen and oxygen atoms in total. The number of pyridine rings is 1. The van der Waals surface area contributed by atoms with Gasteiger partial charge < -0.3 is 15.4 Å². The number of hydrogen-bond donors (Lipinski definition) is 1. The van der Waals surface area contributed by atoms with Crippen LogP contribution in [0.2, 0.25) is 0 Å². The zero-order valence-corrected chi connectivity index (χ0v) is 16.7. The standard InChI is InChI=1S/C21H20N4O3S/c1-13-19(29-12-23-13)21(27)25-9-10-28-18(11-25)17-4-2-3-16(24-17)14-5-7-15(8-6-14)20(22)26/h2-8,12,18H,9-11H2,1H3,(H2,22,26)/t18-/m0/s1. The third kappa shape index (κ3) is 4.03. The maximum absolute atomic E-state index is 12.8. The third-order valence-electron chi connectivity index (χ3n) is 4.86. The average Bonchev–Trinajstić information content (AvgIpc) is 3.19. The number of amides is 2. The van der Waals surface area contributed by atoms with Crippen LogP contribution < -0.4 is 5.73 Å². The highest BCUT2D eigenvalue weighted by atomic mass is 32.1. The topological polar surface area (TPSA) is 98.4 Å². The zero-order valence-electron chi connectivity index (χ0n) is 15.9. The minimum absolute atomic E-state index is 0.0171. The van der Waals surface area contributed by atoms with Gasteiger partial charge in [0, 0.05) is 17.7 Å². The number of nitrogens with two attached hydrogens (primary N) is 1. The van der Waals surface area contributed by atoms with Crippen molar-refractivity contribution in [2.24, 2.45) is 5.73 Å². The Morgan fingerprint density at radius 1 is 1.21 bits per heavy atom. The van der Waals surface area contributed by atoms with E-state index in [0.29, 0.717) is 30.1 Å². The summed E-state index contributed by atoms with van der Waals surface area (Å²) in [5.74, 6) is -0.480. The van der Waals surface area contributed by atoms with E-state index in [9.17, 15) is 9.59 Å². The van der Waals surface area contributed by atoms with Crippen LogP contribution in [0.15, 0.2) is 48.0 Å². The number of hydrogen-bond acceptors (Lipinski definition) is 6. The SMILES string of the molecule is Cc1ncsc1C(=O)N1CCO[C@H](c2cccc(-c3ccc(C(N)=O)cc3)n2)C1. The molecule has 2 amide bonds. The lowest BCUT2D eigenvalue weighted by atomic mass is 10.1. The summed E-state index contributed by atoms with van der Waals surface area (Å²) in [5, 5.41) is 0. The highest BCUT2D eigenvalue weighted by Crippen LogP contribution is 2.26. The van der Waals surface area contributed by atoms with Crippen LogP contribution >= 0.6 is 11.3 Å². The van der Waals surface area contributed by atoms with E-state index in [1.54, 1.807) is 22.5 Å². The molecular formula is C21H20N4O3S. The molecule has 1 fully saturated rings. The first-order valence-electron chi connectivity index (χ1n) is 9.21. The van der Waals surface area contributed by atoms with Gasteiger partial charge in [0.15, 0.2) is 0 Å². The highest BCUT2D eigenvalue weighted by Gasteiger charge is 2.28. The molecule has 3 heterocycles. The molecule has 0 spiro atoms. The number of carbonyl (C=O) groups excluding carboxylic acids is 2. The zero-order chi connectivity index (χ0) is 20.4. The lowest BCUT2D eigenvalue weighted by molar-refractivity contribution is -0.0245. The minimum Gasteiger partial charge on any atom is -0.368 e. The molecular weight excluding hydrogens is 388 g/mol. The van der Waals surface area contributed by atoms with Gasteiger partial charge in [-0.25, -0.2) is 9.97 Å². The number of thiazole rings is 1. The van der Waals surface area contributed by atoms with E-state index < -0.39 is 5.91 Å². The molecule has 3 aromatic rings. The summed E-state index contributed by atoms with van der Waals surface area (Å²) in [4.78, 5) is 35.4. The van der Waals surface area contributed by atoms with Gasteiger partial charge in [-0.2, -0.15) is 0 Å². The summed E-state index contributed by atoms with van der Waals surface area (Å²) in [6.45, 7) is 3.28. The van der Waals surface area contributed by atoms with Crippen LogP contribution in [0.25, 0.3) is 11.3 Å². The van der Waals surface area contributed by atoms with Crippen molar-refractivity contribution in [1.29, 1.82) is 0 Å². The van der Waals surface area contributed by atoms with Crippen molar-refractivity contribution in [3.63, 3.8) is 0 Å². The fraction of sp³-hybridized carbons (Fsp3) is 0.238. The molecule has 1 aliphatic rings. The number of nitrogens with zero attached hydrogens (tertiary/aromatic N) is 3. The van der Waals surface area contributed by atoms with E-state index in [-0.39, 0.29) is 12.0 Å². The molecule has 0 unspecified atom stereocenters. The summed E-state index contributed by atoms with van der Waals surface area (Å²) in [6, 6.07) is 12.7. The Balaban J connectivity index is 1.54. The second-order valence-corrected chi connectivity index (χ2v) is 7.62. The number of morpholine rings is 1. The molecule has 4 rings (SSSR count). The smallest absolute Gasteiger partial charge is 0.266 e. The van der Waals surface area contributed by atoms with Crippen LogP contribution in [0.3, 0.4) is 0 Å². The van der Waals surface area contributed by atoms with E-state index in [1.807, 2.05) is 37.3 Å². The first-order chi connectivity index (χ1) is 14.0. The number of carbonyl (C=O) groups is 2. The molecule has 148 valence electrons. The predicted octanol–water partition coefficient (Wildman–Crippen LogP) is 2.83. The van der Waals surface area contributed by atoms with Crippen molar-refractivity contribution in [3.05, 3.63) is 69.8 Å². The summed E-state index contributed by atoms with van der Waals surface area (Å²) in [5.41, 5.74) is 10.6. The maximum Gasteiger partial charge on any atom is 0.266 e. The van der Waals surface area contributed by atoms with Crippen molar-refractivity contribution in [1.82, 2.24) is 14.9 Å². The Morgan fingerprint density at radius 3 is 2.69 bits per heavy atom. The Hall–Kier alpha value is -3.10. The van der Waals surface area contributed by atoms with Gasteiger partial charge in [-0.05, 0) is 31.2 Å². The van der Waals surface area contributed by atoms with Gasteiger partial charge in [-0.3, -0.25) is 9.59 Å². The fourth-order valence-electron chi connectivity index (χ4n) is 3.26. The molecule has 0 bridgehead atoms. The van der Waals surface area contributed by atoms with Crippen LogP contribution in [0.4, 0.5) is 0 Å². The number of aryl methyl sites for hydroxylation is 1. The minimum atomic E-state index is -0.463. The lowest BCUT2D eigenvalue weighted by Crippen LogP contribution is -2.42. The van der Waals surface area contributed by atoms with Gasteiger partial charge in [-0.15, -0.1) is 11.3 Å². The number of benzene rings is 1. The molecule has 0 saturated carbocycles. The predicted molar refractivity (Wildman–Crippen MR) is 110 cm³/mol. The normalized spacial score (nSPS) is 16.6. The van der Waals surface area contributed by atoms with Crippen LogP contribution in [0.1, 0.15) is 37.5 Å². The van der Waals surface area contributed by atoms with Gasteiger partial charge >= 0.3 is 0 Å². The van der Waals surface area contributed by atoms with Gasteiger partial charge in [0.25, 0.3) is 5.91 Å². The Labute approximate surface area is 172 Å². The molecule has 0 aliphatic carbocycles. The highest BCUT2D eigenvalue weighted by molar-refractivity contribution is 7.11. The van der Waals surface area contributed by atoms with Crippen molar-refractivity contribution in [3.8, 4) is 11.3 Å². The average molecular weight is 408 g/mol. The second-order valence-electron chi connectivity index (χ2n) is 6.77. The molecule has 1 saturated heterocycles. The largest absolute Gasteiger partial charge is 0.368 e. The number of primary amides is 1. The third-order valence-corrected chi connectivity index (χ3v) is 5.78. The van der Waals surface area contributed by atoms with Crippen LogP contribution in [-0.4, -0.2) is 46.4 Å². The molecule has 2 aromatic heterocycles. The van der Waals surface area contributed by atoms with Gasteiger partial charge in [0.05, 0.1) is 35.7 Å². The van der Waals surface area contributed by atoms with Crippen LogP contribution in [0, 0.1) is 6.92 Å². The van der Waals surface area contributed by atoms with E-state index >= 15 is 0 Å². The molecule has 1 atom stereocenters. The molecule has 29 heavy (non-hydrogen) atoms. The summed E-state index contributed by atoms with van der Waals surface area (Å²) >= 11 is 1.36. The van der Waals surface area contributed by atoms with Crippen LogP contribution in [0.5, 0.6) is 0 Å². The molecule has 8 heteroatoms. The van der Waals surface area contributed by atoms with E-state index in [2.05, 4.69) is 4.98 Å². The summed E-state index contributed by atoms with van der Waals surface area (Å²) in [6.07, 6.45) is -0.300. The second kappa shape index (κ2) is 8.10. The van der Waals surface area contributed by atoms with Crippen LogP contribution in [-0.2, 0) is 4.74 Å². The van der Waals surface area contributed by atoms with Crippen molar-refractivity contribution < 1.29 is 14.3 Å². The molecule has 1 aromatic carbocycles. The first kappa shape index (κ1) is 19.2. The van der Waals surface area contributed by atoms with Gasteiger partial charge in [0.2, 0.25) is 5.91 Å². The molecule has 1 aliphatic heterocycles. The van der Waals surface area contributed by atoms with E-state index in [0.717, 1.165) is 22.6 Å². The Morgan fingerprint density at radius 2 is 2.00 bits per heavy atom. The van der Waals surface area contributed by atoms with E-state index in [4.69, 9.17) is 15.5 Å². The lowest BCUT2D eigenvalue weighted by Gasteiger charge is -2.32. The van der Waals surface area contributed by atoms with Crippen molar-refractivity contribution >= 4 is 23.2 Å². The van der Waals surface area contributed by atoms with Gasteiger partial charge in [0.1, 0.15) is 11.0 Å². The number of aromatic nitrogens is 2. The molecule has 2 N–H and O–H groups in total. The quantitative estimate of drug-likeness (QED) is 0.716. The van der Waals surface area contributed by atoms with Crippen molar-refractivity contribution in [2.45, 2.75) is 13.0 Å².